The number of likely N-dealkylation sites (N-methyl/N-ethyl adjacent to an activating group) is 1. The molecular formula is C28H39FN4O4. The van der Waals surface area contributed by atoms with E-state index in [1.165, 1.54) is 12.5 Å². The van der Waals surface area contributed by atoms with Crippen molar-refractivity contribution in [2.24, 2.45) is 17.8 Å². The number of carbonyl (C=O) groups excluding carboxylic acids is 1. The number of hydrogen-bond donors (Lipinski definition) is 0. The summed E-state index contributed by atoms with van der Waals surface area (Å²) in [7, 11) is 1.77. The summed E-state index contributed by atoms with van der Waals surface area (Å²) in [4.78, 5) is 21.0. The molecule has 0 radical (unpaired) electrons. The first kappa shape index (κ1) is 25.9. The molecule has 1 amide bonds. The van der Waals surface area contributed by atoms with E-state index in [4.69, 9.17) is 14.0 Å². The predicted molar refractivity (Wildman–Crippen MR) is 137 cm³/mol. The predicted octanol–water partition coefficient (Wildman–Crippen LogP) is 4.44. The highest BCUT2D eigenvalue weighted by molar-refractivity contribution is 5.79. The summed E-state index contributed by atoms with van der Waals surface area (Å²) in [6.45, 7) is 7.87. The minimum Gasteiger partial charge on any atom is -0.493 e. The molecule has 202 valence electrons. The number of halogens is 1. The Morgan fingerprint density at radius 2 is 2.08 bits per heavy atom. The average Bonchev–Trinajstić information content (AvgIpc) is 3.27. The smallest absolute Gasteiger partial charge is 0.324 e. The lowest BCUT2D eigenvalue weighted by Gasteiger charge is -2.30. The third-order valence-electron chi connectivity index (χ3n) is 8.31. The monoisotopic (exact) mass is 514 g/mol. The van der Waals surface area contributed by atoms with E-state index in [1.807, 2.05) is 0 Å². The van der Waals surface area contributed by atoms with Gasteiger partial charge in [0.05, 0.1) is 25.7 Å². The van der Waals surface area contributed by atoms with Gasteiger partial charge in [-0.25, -0.2) is 4.39 Å². The molecule has 1 aliphatic carbocycles. The zero-order chi connectivity index (χ0) is 25.9. The largest absolute Gasteiger partial charge is 0.493 e. The van der Waals surface area contributed by atoms with E-state index in [1.54, 1.807) is 24.1 Å². The van der Waals surface area contributed by atoms with Gasteiger partial charge in [0, 0.05) is 38.7 Å². The fraction of sp³-hybridized carbons (Fsp3) is 0.679. The second-order valence-electron chi connectivity index (χ2n) is 11.2. The highest BCUT2D eigenvalue weighted by Gasteiger charge is 2.43. The number of rotatable bonds is 10. The van der Waals surface area contributed by atoms with Crippen LogP contribution in [0.15, 0.2) is 22.7 Å². The van der Waals surface area contributed by atoms with Crippen LogP contribution in [0.2, 0.25) is 0 Å². The second-order valence-corrected chi connectivity index (χ2v) is 11.2. The highest BCUT2D eigenvalue weighted by Crippen LogP contribution is 2.50. The lowest BCUT2D eigenvalue weighted by Crippen LogP contribution is -2.38. The maximum atomic E-state index is 14.7. The summed E-state index contributed by atoms with van der Waals surface area (Å²) in [5, 5.41) is 4.09. The van der Waals surface area contributed by atoms with Gasteiger partial charge < -0.3 is 23.8 Å². The number of nitrogens with zero attached hydrogens (tertiary/aromatic N) is 4. The Bertz CT molecular complexity index is 1060. The third kappa shape index (κ3) is 6.25. The SMILES string of the molecule is CC(C)c1noc(N2CCC(C3CC3CCOc3ccc(CC(=O)N(C)C4CCOC4)c(F)c3)CC2)n1. The number of benzene rings is 1. The molecule has 0 bridgehead atoms. The molecule has 1 aromatic heterocycles. The molecule has 8 nitrogen and oxygen atoms in total. The van der Waals surface area contributed by atoms with E-state index in [2.05, 4.69) is 28.9 Å². The van der Waals surface area contributed by atoms with Crippen LogP contribution in [0.5, 0.6) is 5.75 Å². The Morgan fingerprint density at radius 1 is 1.27 bits per heavy atom. The van der Waals surface area contributed by atoms with Crippen LogP contribution in [0, 0.1) is 23.6 Å². The molecule has 1 aromatic carbocycles. The van der Waals surface area contributed by atoms with Crippen molar-refractivity contribution in [3.63, 3.8) is 0 Å². The molecule has 2 saturated heterocycles. The second kappa shape index (κ2) is 11.4. The van der Waals surface area contributed by atoms with Gasteiger partial charge in [0.1, 0.15) is 11.6 Å². The molecule has 3 aliphatic rings. The Labute approximate surface area is 218 Å². The number of carbonyl (C=O) groups is 1. The van der Waals surface area contributed by atoms with Crippen molar-refractivity contribution in [2.45, 2.75) is 64.3 Å². The van der Waals surface area contributed by atoms with Crippen molar-refractivity contribution >= 4 is 11.9 Å². The lowest BCUT2D eigenvalue weighted by atomic mass is 9.90. The lowest BCUT2D eigenvalue weighted by molar-refractivity contribution is -0.131. The van der Waals surface area contributed by atoms with Crippen LogP contribution < -0.4 is 9.64 Å². The standard InChI is InChI=1S/C28H39FN4O4/c1-18(2)27-30-28(37-31-27)33-10-6-19(7-11-33)24-14-20(24)8-13-36-23-5-4-21(25(29)16-23)15-26(34)32(3)22-9-12-35-17-22/h4-5,16,18-20,22,24H,6-15,17H2,1-3H3. The molecule has 3 fully saturated rings. The van der Waals surface area contributed by atoms with Gasteiger partial charge in [0.15, 0.2) is 5.82 Å². The molecule has 3 heterocycles. The maximum absolute atomic E-state index is 14.7. The number of hydrogen-bond acceptors (Lipinski definition) is 7. The van der Waals surface area contributed by atoms with Crippen molar-refractivity contribution in [1.29, 1.82) is 0 Å². The van der Waals surface area contributed by atoms with Crippen LogP contribution in [0.4, 0.5) is 10.4 Å². The Kier molecular flexibility index (Phi) is 7.98. The van der Waals surface area contributed by atoms with E-state index in [-0.39, 0.29) is 30.1 Å². The van der Waals surface area contributed by atoms with Gasteiger partial charge in [0.2, 0.25) is 5.91 Å². The van der Waals surface area contributed by atoms with Gasteiger partial charge in [-0.3, -0.25) is 4.79 Å². The normalized spacial score (nSPS) is 24.0. The molecule has 37 heavy (non-hydrogen) atoms. The zero-order valence-corrected chi connectivity index (χ0v) is 22.2. The minimum absolute atomic E-state index is 0.0487. The molecule has 0 spiro atoms. The molecule has 5 rings (SSSR count). The van der Waals surface area contributed by atoms with E-state index < -0.39 is 0 Å². The fourth-order valence-electron chi connectivity index (χ4n) is 5.70. The van der Waals surface area contributed by atoms with Gasteiger partial charge >= 0.3 is 6.01 Å². The van der Waals surface area contributed by atoms with Gasteiger partial charge in [-0.05, 0) is 61.5 Å². The van der Waals surface area contributed by atoms with Crippen LogP contribution in [-0.2, 0) is 16.0 Å². The first-order valence-corrected chi connectivity index (χ1v) is 13.7. The molecule has 3 unspecified atom stereocenters. The molecule has 2 aromatic rings. The van der Waals surface area contributed by atoms with E-state index in [0.29, 0.717) is 43.1 Å². The van der Waals surface area contributed by atoms with E-state index in [0.717, 1.165) is 56.4 Å². The minimum atomic E-state index is -0.389. The van der Waals surface area contributed by atoms with Gasteiger partial charge in [-0.15, -0.1) is 0 Å². The molecule has 9 heteroatoms. The van der Waals surface area contributed by atoms with Crippen molar-refractivity contribution in [3.8, 4) is 5.75 Å². The molecule has 1 saturated carbocycles. The first-order chi connectivity index (χ1) is 17.9. The molecule has 2 aliphatic heterocycles. The van der Waals surface area contributed by atoms with Crippen LogP contribution >= 0.6 is 0 Å². The summed E-state index contributed by atoms with van der Waals surface area (Å²) < 4.78 is 31.3. The first-order valence-electron chi connectivity index (χ1n) is 13.7. The zero-order valence-electron chi connectivity index (χ0n) is 22.2. The number of amides is 1. The summed E-state index contributed by atoms with van der Waals surface area (Å²) in [5.41, 5.74) is 0.401. The van der Waals surface area contributed by atoms with E-state index in [9.17, 15) is 9.18 Å². The summed E-state index contributed by atoms with van der Waals surface area (Å²) in [6, 6.07) is 5.58. The van der Waals surface area contributed by atoms with E-state index >= 15 is 0 Å². The van der Waals surface area contributed by atoms with Crippen LogP contribution in [-0.4, -0.2) is 66.9 Å². The number of ether oxygens (including phenoxy) is 2. The number of aromatic nitrogens is 2. The van der Waals surface area contributed by atoms with Crippen LogP contribution in [0.25, 0.3) is 0 Å². The van der Waals surface area contributed by atoms with Crippen molar-refractivity contribution < 1.29 is 23.2 Å². The summed E-state index contributed by atoms with van der Waals surface area (Å²) in [5.74, 6) is 3.26. The van der Waals surface area contributed by atoms with Crippen molar-refractivity contribution in [2.75, 3.05) is 44.9 Å². The maximum Gasteiger partial charge on any atom is 0.324 e. The van der Waals surface area contributed by atoms with Crippen molar-refractivity contribution in [1.82, 2.24) is 15.0 Å². The fourth-order valence-corrected chi connectivity index (χ4v) is 5.70. The third-order valence-corrected chi connectivity index (χ3v) is 8.31. The Balaban J connectivity index is 1.02. The summed E-state index contributed by atoms with van der Waals surface area (Å²) >= 11 is 0. The van der Waals surface area contributed by atoms with Crippen LogP contribution in [0.3, 0.4) is 0 Å². The van der Waals surface area contributed by atoms with Crippen molar-refractivity contribution in [3.05, 3.63) is 35.4 Å². The van der Waals surface area contributed by atoms with Gasteiger partial charge in [-0.2, -0.15) is 4.98 Å². The molecule has 0 N–H and O–H groups in total. The average molecular weight is 515 g/mol. The topological polar surface area (TPSA) is 80.9 Å². The Morgan fingerprint density at radius 3 is 2.76 bits per heavy atom. The Hall–Kier alpha value is -2.68. The highest BCUT2D eigenvalue weighted by atomic mass is 19.1. The van der Waals surface area contributed by atoms with Crippen LogP contribution in [0.1, 0.15) is 63.3 Å². The van der Waals surface area contributed by atoms with Gasteiger partial charge in [0.25, 0.3) is 0 Å². The quantitative estimate of drug-likeness (QED) is 0.464. The number of piperidine rings is 1. The molecular weight excluding hydrogens is 475 g/mol. The molecule has 3 atom stereocenters. The van der Waals surface area contributed by atoms with Gasteiger partial charge in [-0.1, -0.05) is 25.1 Å². The number of anilines is 1. The summed E-state index contributed by atoms with van der Waals surface area (Å²) in [6.07, 6.45) is 5.42.